The summed E-state index contributed by atoms with van der Waals surface area (Å²) in [5.41, 5.74) is 2.54. The third-order valence-electron chi connectivity index (χ3n) is 4.75. The van der Waals surface area contributed by atoms with Crippen molar-refractivity contribution in [2.75, 3.05) is 19.8 Å². The van der Waals surface area contributed by atoms with Crippen LogP contribution in [0.25, 0.3) is 0 Å². The van der Waals surface area contributed by atoms with Gasteiger partial charge in [0.15, 0.2) is 0 Å². The van der Waals surface area contributed by atoms with Gasteiger partial charge in [0, 0.05) is 39.0 Å². The van der Waals surface area contributed by atoms with Crippen LogP contribution in [0.1, 0.15) is 40.6 Å². The molecule has 0 unspecified atom stereocenters. The zero-order chi connectivity index (χ0) is 16.5. The highest BCUT2D eigenvalue weighted by Gasteiger charge is 2.35. The second-order valence-electron chi connectivity index (χ2n) is 6.53. The van der Waals surface area contributed by atoms with Crippen molar-refractivity contribution in [3.05, 3.63) is 41.5 Å². The molecule has 1 fully saturated rings. The maximum atomic E-state index is 12.9. The van der Waals surface area contributed by atoms with E-state index in [4.69, 9.17) is 4.74 Å². The molecule has 0 N–H and O–H groups in total. The molecule has 7 heteroatoms. The van der Waals surface area contributed by atoms with Crippen LogP contribution in [0.3, 0.4) is 0 Å². The molecule has 1 aliphatic heterocycles. The van der Waals surface area contributed by atoms with E-state index in [-0.39, 0.29) is 11.9 Å². The summed E-state index contributed by atoms with van der Waals surface area (Å²) in [7, 11) is 1.90. The highest BCUT2D eigenvalue weighted by Crippen LogP contribution is 2.32. The quantitative estimate of drug-likeness (QED) is 0.829. The molecular weight excluding hydrogens is 306 g/mol. The van der Waals surface area contributed by atoms with Gasteiger partial charge < -0.3 is 9.64 Å². The molecule has 2 aromatic rings. The largest absolute Gasteiger partial charge is 0.379 e. The van der Waals surface area contributed by atoms with E-state index in [0.717, 1.165) is 24.4 Å². The normalized spacial score (nSPS) is 20.0. The van der Waals surface area contributed by atoms with Gasteiger partial charge in [-0.3, -0.25) is 14.5 Å². The number of pyridine rings is 1. The number of fused-ring (bicyclic) bond motifs is 1. The molecule has 1 saturated carbocycles. The van der Waals surface area contributed by atoms with E-state index in [0.29, 0.717) is 24.6 Å². The Morgan fingerprint density at radius 3 is 3.00 bits per heavy atom. The molecule has 2 aliphatic rings. The fourth-order valence-corrected chi connectivity index (χ4v) is 3.17. The summed E-state index contributed by atoms with van der Waals surface area (Å²) in [6, 6.07) is 3.39. The number of amides is 1. The number of carbonyl (C=O) groups excluding carboxylic acids is 1. The van der Waals surface area contributed by atoms with Gasteiger partial charge in [-0.25, -0.2) is 0 Å². The zero-order valence-electron chi connectivity index (χ0n) is 13.8. The molecule has 1 aliphatic carbocycles. The SMILES string of the molecule is Cn1nnc2c1CCN(C(=O)c1cccnc1)[C@H]2COCC1CC1. The number of rotatable bonds is 5. The Kier molecular flexibility index (Phi) is 4.02. The average Bonchev–Trinajstić information content (AvgIpc) is 3.37. The maximum absolute atomic E-state index is 12.9. The van der Waals surface area contributed by atoms with Crippen LogP contribution in [0, 0.1) is 5.92 Å². The van der Waals surface area contributed by atoms with Gasteiger partial charge in [0.2, 0.25) is 0 Å². The van der Waals surface area contributed by atoms with E-state index in [9.17, 15) is 4.79 Å². The van der Waals surface area contributed by atoms with Crippen molar-refractivity contribution in [2.45, 2.75) is 25.3 Å². The number of hydrogen-bond donors (Lipinski definition) is 0. The second-order valence-corrected chi connectivity index (χ2v) is 6.53. The number of hydrogen-bond acceptors (Lipinski definition) is 5. The highest BCUT2D eigenvalue weighted by atomic mass is 16.5. The van der Waals surface area contributed by atoms with E-state index in [1.807, 2.05) is 11.9 Å². The predicted molar refractivity (Wildman–Crippen MR) is 86.3 cm³/mol. The molecule has 4 rings (SSSR count). The Balaban J connectivity index is 1.57. The first-order valence-corrected chi connectivity index (χ1v) is 8.41. The molecule has 0 aromatic carbocycles. The summed E-state index contributed by atoms with van der Waals surface area (Å²) in [6.45, 7) is 1.87. The van der Waals surface area contributed by atoms with Crippen LogP contribution in [-0.4, -0.2) is 50.5 Å². The lowest BCUT2D eigenvalue weighted by Crippen LogP contribution is -2.42. The summed E-state index contributed by atoms with van der Waals surface area (Å²) in [6.07, 6.45) is 6.53. The van der Waals surface area contributed by atoms with Crippen molar-refractivity contribution in [3.8, 4) is 0 Å². The minimum absolute atomic E-state index is 0.0283. The lowest BCUT2D eigenvalue weighted by atomic mass is 10.0. The number of aryl methyl sites for hydroxylation is 1. The van der Waals surface area contributed by atoms with Crippen molar-refractivity contribution in [1.29, 1.82) is 0 Å². The molecule has 24 heavy (non-hydrogen) atoms. The smallest absolute Gasteiger partial charge is 0.256 e. The van der Waals surface area contributed by atoms with Crippen molar-refractivity contribution < 1.29 is 9.53 Å². The lowest BCUT2D eigenvalue weighted by molar-refractivity contribution is 0.0355. The standard InChI is InChI=1S/C17H21N5O2/c1-21-14-6-8-22(17(23)13-3-2-7-18-9-13)15(16(14)19-20-21)11-24-10-12-4-5-12/h2-3,7,9,12,15H,4-6,8,10-11H2,1H3/t15-/m0/s1. The summed E-state index contributed by atoms with van der Waals surface area (Å²) in [4.78, 5) is 18.8. The van der Waals surface area contributed by atoms with Gasteiger partial charge in [-0.1, -0.05) is 5.21 Å². The molecule has 0 saturated heterocycles. The van der Waals surface area contributed by atoms with Crippen LogP contribution < -0.4 is 0 Å². The number of carbonyl (C=O) groups is 1. The fourth-order valence-electron chi connectivity index (χ4n) is 3.17. The van der Waals surface area contributed by atoms with Crippen molar-refractivity contribution in [2.24, 2.45) is 13.0 Å². The van der Waals surface area contributed by atoms with Crippen molar-refractivity contribution in [1.82, 2.24) is 24.9 Å². The molecule has 3 heterocycles. The third-order valence-corrected chi connectivity index (χ3v) is 4.75. The number of ether oxygens (including phenoxy) is 1. The van der Waals surface area contributed by atoms with Gasteiger partial charge in [0.05, 0.1) is 17.9 Å². The van der Waals surface area contributed by atoms with Crippen LogP contribution in [0.2, 0.25) is 0 Å². The average molecular weight is 327 g/mol. The Bertz CT molecular complexity index is 726. The van der Waals surface area contributed by atoms with Gasteiger partial charge in [-0.15, -0.1) is 5.10 Å². The minimum atomic E-state index is -0.186. The lowest BCUT2D eigenvalue weighted by Gasteiger charge is -2.34. The Morgan fingerprint density at radius 1 is 1.38 bits per heavy atom. The number of nitrogens with zero attached hydrogens (tertiary/aromatic N) is 5. The Morgan fingerprint density at radius 2 is 2.25 bits per heavy atom. The summed E-state index contributed by atoms with van der Waals surface area (Å²) in [5, 5.41) is 8.43. The first-order valence-electron chi connectivity index (χ1n) is 8.41. The van der Waals surface area contributed by atoms with Gasteiger partial charge >= 0.3 is 0 Å². The molecule has 0 bridgehead atoms. The van der Waals surface area contributed by atoms with Gasteiger partial charge in [-0.05, 0) is 30.9 Å². The van der Waals surface area contributed by atoms with Crippen LogP contribution in [0.5, 0.6) is 0 Å². The molecule has 1 amide bonds. The number of aromatic nitrogens is 4. The molecular formula is C17H21N5O2. The van der Waals surface area contributed by atoms with Crippen LogP contribution in [0.4, 0.5) is 0 Å². The Hall–Kier alpha value is -2.28. The van der Waals surface area contributed by atoms with Crippen LogP contribution >= 0.6 is 0 Å². The topological polar surface area (TPSA) is 73.1 Å². The molecule has 126 valence electrons. The molecule has 0 radical (unpaired) electrons. The summed E-state index contributed by atoms with van der Waals surface area (Å²) in [5.74, 6) is 0.664. The van der Waals surface area contributed by atoms with Crippen LogP contribution in [-0.2, 0) is 18.2 Å². The first-order chi connectivity index (χ1) is 11.7. The molecule has 1 atom stereocenters. The van der Waals surface area contributed by atoms with Gasteiger partial charge in [0.25, 0.3) is 5.91 Å². The molecule has 0 spiro atoms. The van der Waals surface area contributed by atoms with Crippen LogP contribution in [0.15, 0.2) is 24.5 Å². The predicted octanol–water partition coefficient (Wildman–Crippen LogP) is 1.38. The zero-order valence-corrected chi connectivity index (χ0v) is 13.8. The van der Waals surface area contributed by atoms with E-state index >= 15 is 0 Å². The van der Waals surface area contributed by atoms with E-state index in [1.165, 1.54) is 12.8 Å². The fraction of sp³-hybridized carbons (Fsp3) is 0.529. The third kappa shape index (κ3) is 2.91. The summed E-state index contributed by atoms with van der Waals surface area (Å²) >= 11 is 0. The highest BCUT2D eigenvalue weighted by molar-refractivity contribution is 5.94. The van der Waals surface area contributed by atoms with E-state index in [2.05, 4.69) is 15.3 Å². The molecule has 7 nitrogen and oxygen atoms in total. The minimum Gasteiger partial charge on any atom is -0.379 e. The first kappa shape index (κ1) is 15.3. The molecule has 2 aromatic heterocycles. The monoisotopic (exact) mass is 327 g/mol. The van der Waals surface area contributed by atoms with E-state index in [1.54, 1.807) is 29.2 Å². The van der Waals surface area contributed by atoms with Crippen molar-refractivity contribution >= 4 is 5.91 Å². The van der Waals surface area contributed by atoms with E-state index < -0.39 is 0 Å². The summed E-state index contributed by atoms with van der Waals surface area (Å²) < 4.78 is 7.69. The Labute approximate surface area is 140 Å². The maximum Gasteiger partial charge on any atom is 0.256 e. The van der Waals surface area contributed by atoms with Gasteiger partial charge in [-0.2, -0.15) is 0 Å². The van der Waals surface area contributed by atoms with Crippen molar-refractivity contribution in [3.63, 3.8) is 0 Å². The second kappa shape index (κ2) is 6.32. The van der Waals surface area contributed by atoms with Gasteiger partial charge in [0.1, 0.15) is 11.7 Å².